The van der Waals surface area contributed by atoms with E-state index in [4.69, 9.17) is 0 Å². The molecule has 2 saturated carbocycles. The Balaban J connectivity index is 2.11. The molecule has 3 atom stereocenters. The van der Waals surface area contributed by atoms with Gasteiger partial charge in [-0.05, 0) is 60.3 Å². The number of allylic oxidation sites excluding steroid dienone is 1. The summed E-state index contributed by atoms with van der Waals surface area (Å²) in [6, 6.07) is 0. The van der Waals surface area contributed by atoms with Crippen molar-refractivity contribution in [1.29, 1.82) is 0 Å². The fourth-order valence-electron chi connectivity index (χ4n) is 5.69. The molecule has 0 aromatic heterocycles. The molecule has 0 heterocycles. The van der Waals surface area contributed by atoms with E-state index in [1.807, 2.05) is 0 Å². The van der Waals surface area contributed by atoms with Crippen molar-refractivity contribution in [2.24, 2.45) is 16.2 Å². The van der Waals surface area contributed by atoms with Gasteiger partial charge in [0, 0.05) is 0 Å². The monoisotopic (exact) mass is 278 g/mol. The first-order valence-corrected chi connectivity index (χ1v) is 8.06. The van der Waals surface area contributed by atoms with Gasteiger partial charge in [0.1, 0.15) is 5.60 Å². The number of fused-ring (bicyclic) bond motifs is 4. The minimum absolute atomic E-state index is 0.0332. The Morgan fingerprint density at radius 3 is 2.15 bits per heavy atom. The maximum atomic E-state index is 11.3. The van der Waals surface area contributed by atoms with Crippen LogP contribution < -0.4 is 0 Å². The van der Waals surface area contributed by atoms with Crippen molar-refractivity contribution in [3.8, 4) is 0 Å². The molecule has 3 rings (SSSR count). The van der Waals surface area contributed by atoms with Crippen LogP contribution in [0.5, 0.6) is 0 Å². The van der Waals surface area contributed by atoms with Gasteiger partial charge in [-0.1, -0.05) is 40.7 Å². The standard InChI is InChI=1S/C18H30O2/c1-14(2)6-7-18(20)13(8-14)9-16(5)10-15(3,4)11-17(18,19)12-16/h9,19-20H,6-8,10-12H2,1-5H3/t16-,17+,18-/m0/s1. The van der Waals surface area contributed by atoms with E-state index in [2.05, 4.69) is 40.7 Å². The minimum Gasteiger partial charge on any atom is -0.386 e. The van der Waals surface area contributed by atoms with E-state index in [1.165, 1.54) is 0 Å². The van der Waals surface area contributed by atoms with Crippen LogP contribution in [0.15, 0.2) is 11.6 Å². The van der Waals surface area contributed by atoms with Crippen LogP contribution in [-0.2, 0) is 0 Å². The SMILES string of the molecule is CC1(C)CC[C@]2(O)C(=C[C@@]3(C)CC(C)(C)C[C@@]2(O)C3)C1. The summed E-state index contributed by atoms with van der Waals surface area (Å²) in [5, 5.41) is 22.7. The summed E-state index contributed by atoms with van der Waals surface area (Å²) in [4.78, 5) is 0. The zero-order valence-electron chi connectivity index (χ0n) is 13.7. The molecule has 2 bridgehead atoms. The molecule has 0 aromatic rings. The fraction of sp³-hybridized carbons (Fsp3) is 0.889. The quantitative estimate of drug-likeness (QED) is 0.661. The van der Waals surface area contributed by atoms with Gasteiger partial charge in [-0.15, -0.1) is 0 Å². The van der Waals surface area contributed by atoms with Crippen molar-refractivity contribution in [3.05, 3.63) is 11.6 Å². The van der Waals surface area contributed by atoms with Gasteiger partial charge in [0.25, 0.3) is 0 Å². The largest absolute Gasteiger partial charge is 0.386 e. The third-order valence-electron chi connectivity index (χ3n) is 6.01. The van der Waals surface area contributed by atoms with Gasteiger partial charge in [0.05, 0.1) is 5.60 Å². The molecule has 2 nitrogen and oxygen atoms in total. The molecule has 2 fully saturated rings. The Morgan fingerprint density at radius 1 is 0.850 bits per heavy atom. The van der Waals surface area contributed by atoms with Gasteiger partial charge in [0.2, 0.25) is 0 Å². The van der Waals surface area contributed by atoms with Crippen molar-refractivity contribution in [2.45, 2.75) is 84.3 Å². The zero-order valence-corrected chi connectivity index (χ0v) is 13.7. The third kappa shape index (κ3) is 1.99. The lowest BCUT2D eigenvalue weighted by atomic mass is 9.47. The number of hydrogen-bond donors (Lipinski definition) is 2. The Hall–Kier alpha value is -0.340. The second kappa shape index (κ2) is 3.70. The van der Waals surface area contributed by atoms with Crippen LogP contribution in [-0.4, -0.2) is 21.4 Å². The van der Waals surface area contributed by atoms with E-state index >= 15 is 0 Å². The average molecular weight is 278 g/mol. The lowest BCUT2D eigenvalue weighted by Gasteiger charge is -2.62. The summed E-state index contributed by atoms with van der Waals surface area (Å²) in [6.07, 6.45) is 7.45. The average Bonchev–Trinajstić information content (AvgIpc) is 2.17. The maximum absolute atomic E-state index is 11.3. The Kier molecular flexibility index (Phi) is 2.70. The molecule has 2 heteroatoms. The van der Waals surface area contributed by atoms with E-state index in [1.54, 1.807) is 0 Å². The van der Waals surface area contributed by atoms with Crippen molar-refractivity contribution >= 4 is 0 Å². The molecule has 0 saturated heterocycles. The first kappa shape index (κ1) is 14.6. The van der Waals surface area contributed by atoms with Crippen LogP contribution in [0.2, 0.25) is 0 Å². The highest BCUT2D eigenvalue weighted by atomic mass is 16.4. The fourth-order valence-corrected chi connectivity index (χ4v) is 5.69. The van der Waals surface area contributed by atoms with Crippen molar-refractivity contribution in [1.82, 2.24) is 0 Å². The lowest BCUT2D eigenvalue weighted by molar-refractivity contribution is -0.207. The Labute approximate surface area is 123 Å². The van der Waals surface area contributed by atoms with Gasteiger partial charge in [0.15, 0.2) is 0 Å². The predicted octanol–water partition coefficient (Wildman–Crippen LogP) is 3.82. The zero-order chi connectivity index (χ0) is 15.0. The topological polar surface area (TPSA) is 40.5 Å². The van der Waals surface area contributed by atoms with Gasteiger partial charge in [-0.3, -0.25) is 0 Å². The molecule has 2 N–H and O–H groups in total. The van der Waals surface area contributed by atoms with Crippen LogP contribution in [0.1, 0.15) is 73.1 Å². The highest BCUT2D eigenvalue weighted by Crippen LogP contribution is 2.63. The third-order valence-corrected chi connectivity index (χ3v) is 6.01. The van der Waals surface area contributed by atoms with Crippen molar-refractivity contribution < 1.29 is 10.2 Å². The highest BCUT2D eigenvalue weighted by Gasteiger charge is 2.63. The maximum Gasteiger partial charge on any atom is 0.114 e. The van der Waals surface area contributed by atoms with Crippen LogP contribution in [0, 0.1) is 16.2 Å². The van der Waals surface area contributed by atoms with Crippen LogP contribution in [0.25, 0.3) is 0 Å². The molecule has 0 aromatic carbocycles. The summed E-state index contributed by atoms with van der Waals surface area (Å²) < 4.78 is 0. The molecule has 0 unspecified atom stereocenters. The number of hydrogen-bond acceptors (Lipinski definition) is 2. The van der Waals surface area contributed by atoms with Crippen molar-refractivity contribution in [2.75, 3.05) is 0 Å². The lowest BCUT2D eigenvalue weighted by Crippen LogP contribution is -2.65. The molecule has 0 spiro atoms. The van der Waals surface area contributed by atoms with E-state index in [0.29, 0.717) is 19.3 Å². The molecule has 114 valence electrons. The Bertz CT molecular complexity index is 476. The molecule has 0 radical (unpaired) electrons. The summed E-state index contributed by atoms with van der Waals surface area (Å²) in [6.45, 7) is 11.3. The smallest absolute Gasteiger partial charge is 0.114 e. The van der Waals surface area contributed by atoms with Crippen molar-refractivity contribution in [3.63, 3.8) is 0 Å². The first-order valence-electron chi connectivity index (χ1n) is 8.06. The van der Waals surface area contributed by atoms with Crippen LogP contribution in [0.4, 0.5) is 0 Å². The van der Waals surface area contributed by atoms with Crippen LogP contribution in [0.3, 0.4) is 0 Å². The van der Waals surface area contributed by atoms with Gasteiger partial charge in [-0.25, -0.2) is 0 Å². The first-order chi connectivity index (χ1) is 8.89. The molecule has 3 aliphatic rings. The predicted molar refractivity (Wildman–Crippen MR) is 81.4 cm³/mol. The van der Waals surface area contributed by atoms with Gasteiger partial charge < -0.3 is 10.2 Å². The number of rotatable bonds is 0. The molecule has 3 aliphatic carbocycles. The number of aliphatic hydroxyl groups is 2. The second-order valence-corrected chi connectivity index (χ2v) is 9.75. The second-order valence-electron chi connectivity index (χ2n) is 9.75. The van der Waals surface area contributed by atoms with E-state index < -0.39 is 11.2 Å². The normalized spacial score (nSPS) is 49.2. The van der Waals surface area contributed by atoms with Gasteiger partial charge in [-0.2, -0.15) is 0 Å². The van der Waals surface area contributed by atoms with E-state index in [-0.39, 0.29) is 16.2 Å². The molecular formula is C18H30O2. The highest BCUT2D eigenvalue weighted by molar-refractivity contribution is 5.36. The summed E-state index contributed by atoms with van der Waals surface area (Å²) in [5.74, 6) is 0. The summed E-state index contributed by atoms with van der Waals surface area (Å²) in [7, 11) is 0. The minimum atomic E-state index is -0.986. The molecular weight excluding hydrogens is 248 g/mol. The van der Waals surface area contributed by atoms with Gasteiger partial charge >= 0.3 is 0 Å². The summed E-state index contributed by atoms with van der Waals surface area (Å²) >= 11 is 0. The molecule has 0 amide bonds. The Morgan fingerprint density at radius 2 is 1.50 bits per heavy atom. The van der Waals surface area contributed by atoms with E-state index in [9.17, 15) is 10.2 Å². The molecule has 20 heavy (non-hydrogen) atoms. The summed E-state index contributed by atoms with van der Waals surface area (Å²) in [5.41, 5.74) is -0.450. The van der Waals surface area contributed by atoms with E-state index in [0.717, 1.165) is 24.8 Å². The molecule has 0 aliphatic heterocycles. The van der Waals surface area contributed by atoms with Crippen LogP contribution >= 0.6 is 0 Å².